The van der Waals surface area contributed by atoms with Crippen molar-refractivity contribution >= 4 is 5.96 Å². The third kappa shape index (κ3) is 6.66. The molecule has 1 rings (SSSR count). The molecule has 0 saturated carbocycles. The van der Waals surface area contributed by atoms with Crippen LogP contribution in [0.15, 0.2) is 23.2 Å². The Labute approximate surface area is 145 Å². The van der Waals surface area contributed by atoms with Crippen molar-refractivity contribution < 1.29 is 14.6 Å². The van der Waals surface area contributed by atoms with Crippen molar-refractivity contribution in [1.82, 2.24) is 10.6 Å². The van der Waals surface area contributed by atoms with E-state index in [-0.39, 0.29) is 0 Å². The molecular weight excluding hydrogens is 306 g/mol. The summed E-state index contributed by atoms with van der Waals surface area (Å²) in [5, 5.41) is 16.5. The summed E-state index contributed by atoms with van der Waals surface area (Å²) in [5.74, 6) is 2.17. The van der Waals surface area contributed by atoms with E-state index in [4.69, 9.17) is 9.47 Å². The van der Waals surface area contributed by atoms with Crippen LogP contribution in [0.25, 0.3) is 0 Å². The van der Waals surface area contributed by atoms with Gasteiger partial charge >= 0.3 is 0 Å². The highest BCUT2D eigenvalue weighted by Crippen LogP contribution is 2.27. The Hall–Kier alpha value is -1.95. The summed E-state index contributed by atoms with van der Waals surface area (Å²) in [7, 11) is 3.26. The molecule has 0 aliphatic rings. The van der Waals surface area contributed by atoms with Crippen molar-refractivity contribution in [3.8, 4) is 11.5 Å². The van der Waals surface area contributed by atoms with E-state index in [9.17, 15) is 5.11 Å². The summed E-state index contributed by atoms with van der Waals surface area (Å²) in [4.78, 5) is 4.45. The molecule has 3 N–H and O–H groups in total. The van der Waals surface area contributed by atoms with Gasteiger partial charge in [-0.1, -0.05) is 13.0 Å². The van der Waals surface area contributed by atoms with Gasteiger partial charge in [-0.3, -0.25) is 4.99 Å². The summed E-state index contributed by atoms with van der Waals surface area (Å²) >= 11 is 0. The molecule has 1 atom stereocenters. The quantitative estimate of drug-likeness (QED) is 0.474. The number of hydrogen-bond acceptors (Lipinski definition) is 4. The predicted molar refractivity (Wildman–Crippen MR) is 98.1 cm³/mol. The number of guanidine groups is 1. The lowest BCUT2D eigenvalue weighted by molar-refractivity contribution is 0.0656. The van der Waals surface area contributed by atoms with E-state index in [2.05, 4.69) is 15.6 Å². The summed E-state index contributed by atoms with van der Waals surface area (Å²) in [6.07, 6.45) is 1.50. The molecule has 0 amide bonds. The number of aliphatic imine (C=N–C) groups is 1. The molecule has 0 aliphatic heterocycles. The second-order valence-electron chi connectivity index (χ2n) is 5.91. The number of aliphatic hydroxyl groups is 1. The fourth-order valence-corrected chi connectivity index (χ4v) is 2.06. The molecule has 6 nitrogen and oxygen atoms in total. The van der Waals surface area contributed by atoms with Crippen LogP contribution in [-0.2, 0) is 6.42 Å². The second kappa shape index (κ2) is 10.0. The van der Waals surface area contributed by atoms with Gasteiger partial charge < -0.3 is 25.2 Å². The van der Waals surface area contributed by atoms with Crippen LogP contribution in [0.2, 0.25) is 0 Å². The van der Waals surface area contributed by atoms with Crippen LogP contribution in [0.1, 0.15) is 32.8 Å². The van der Waals surface area contributed by atoms with Gasteiger partial charge in [0, 0.05) is 13.1 Å². The van der Waals surface area contributed by atoms with Gasteiger partial charge in [0.1, 0.15) is 0 Å². The van der Waals surface area contributed by atoms with Gasteiger partial charge in [-0.15, -0.1) is 0 Å². The van der Waals surface area contributed by atoms with E-state index in [1.54, 1.807) is 21.1 Å². The number of rotatable bonds is 9. The Kier molecular flexibility index (Phi) is 8.40. The zero-order valence-electron chi connectivity index (χ0n) is 15.5. The molecule has 0 radical (unpaired) electrons. The number of nitrogens with zero attached hydrogens (tertiary/aromatic N) is 1. The highest BCUT2D eigenvalue weighted by Gasteiger charge is 2.16. The molecule has 0 aromatic heterocycles. The maximum atomic E-state index is 10.1. The van der Waals surface area contributed by atoms with Crippen LogP contribution in [0.4, 0.5) is 0 Å². The lowest BCUT2D eigenvalue weighted by Crippen LogP contribution is -2.40. The van der Waals surface area contributed by atoms with Crippen molar-refractivity contribution in [1.29, 1.82) is 0 Å². The average molecular weight is 337 g/mol. The van der Waals surface area contributed by atoms with Crippen molar-refractivity contribution in [2.75, 3.05) is 33.9 Å². The molecule has 0 fully saturated rings. The highest BCUT2D eigenvalue weighted by molar-refractivity contribution is 5.79. The maximum Gasteiger partial charge on any atom is 0.191 e. The first-order chi connectivity index (χ1) is 11.5. The van der Waals surface area contributed by atoms with Gasteiger partial charge in [-0.2, -0.15) is 0 Å². The van der Waals surface area contributed by atoms with Gasteiger partial charge in [0.25, 0.3) is 0 Å². The van der Waals surface area contributed by atoms with Crippen LogP contribution in [0, 0.1) is 0 Å². The van der Waals surface area contributed by atoms with Gasteiger partial charge in [-0.05, 0) is 44.4 Å². The van der Waals surface area contributed by atoms with Crippen molar-refractivity contribution in [3.05, 3.63) is 23.8 Å². The van der Waals surface area contributed by atoms with Crippen molar-refractivity contribution in [2.24, 2.45) is 4.99 Å². The van der Waals surface area contributed by atoms with Gasteiger partial charge in [0.15, 0.2) is 17.5 Å². The van der Waals surface area contributed by atoms with Gasteiger partial charge in [0.2, 0.25) is 0 Å². The Bertz CT molecular complexity index is 530. The van der Waals surface area contributed by atoms with E-state index >= 15 is 0 Å². The molecule has 0 aliphatic carbocycles. The molecule has 24 heavy (non-hydrogen) atoms. The average Bonchev–Trinajstić information content (AvgIpc) is 2.59. The van der Waals surface area contributed by atoms with E-state index in [0.717, 1.165) is 36.6 Å². The fraction of sp³-hybridized carbons (Fsp3) is 0.611. The number of benzene rings is 1. The predicted octanol–water partition coefficient (Wildman–Crippen LogP) is 1.96. The molecule has 1 aromatic carbocycles. The van der Waals surface area contributed by atoms with Crippen LogP contribution in [-0.4, -0.2) is 50.5 Å². The van der Waals surface area contributed by atoms with Crippen LogP contribution in [0.3, 0.4) is 0 Å². The first-order valence-corrected chi connectivity index (χ1v) is 8.41. The van der Waals surface area contributed by atoms with E-state index < -0.39 is 5.60 Å². The summed E-state index contributed by atoms with van der Waals surface area (Å²) < 4.78 is 10.6. The molecule has 0 heterocycles. The third-order valence-electron chi connectivity index (χ3n) is 3.84. The van der Waals surface area contributed by atoms with Crippen LogP contribution < -0.4 is 20.1 Å². The summed E-state index contributed by atoms with van der Waals surface area (Å²) in [6, 6.07) is 5.91. The summed E-state index contributed by atoms with van der Waals surface area (Å²) in [6.45, 7) is 7.64. The molecule has 0 spiro atoms. The second-order valence-corrected chi connectivity index (χ2v) is 5.91. The first kappa shape index (κ1) is 20.1. The Morgan fingerprint density at radius 3 is 2.46 bits per heavy atom. The van der Waals surface area contributed by atoms with E-state index in [0.29, 0.717) is 18.9 Å². The zero-order valence-corrected chi connectivity index (χ0v) is 15.5. The Morgan fingerprint density at radius 2 is 1.88 bits per heavy atom. The third-order valence-corrected chi connectivity index (χ3v) is 3.84. The van der Waals surface area contributed by atoms with Crippen molar-refractivity contribution in [2.45, 2.75) is 39.2 Å². The van der Waals surface area contributed by atoms with E-state index in [1.165, 1.54) is 0 Å². The number of hydrogen-bond donors (Lipinski definition) is 3. The smallest absolute Gasteiger partial charge is 0.191 e. The molecule has 136 valence electrons. The number of ether oxygens (including phenoxy) is 2. The van der Waals surface area contributed by atoms with Gasteiger partial charge in [0.05, 0.1) is 26.4 Å². The monoisotopic (exact) mass is 337 g/mol. The highest BCUT2D eigenvalue weighted by atomic mass is 16.5. The zero-order chi connectivity index (χ0) is 18.0. The Morgan fingerprint density at radius 1 is 1.17 bits per heavy atom. The minimum atomic E-state index is -0.772. The largest absolute Gasteiger partial charge is 0.493 e. The standard InChI is InChI=1S/C18H31N3O3/c1-6-18(3,22)13-21-17(19-7-2)20-11-10-14-8-9-15(23-4)16(12-14)24-5/h8-9,12,22H,6-7,10-11,13H2,1-5H3,(H2,19,20,21)/t18-/m0/s1. The summed E-state index contributed by atoms with van der Waals surface area (Å²) in [5.41, 5.74) is 0.377. The number of nitrogens with one attached hydrogen (secondary N) is 2. The normalized spacial score (nSPS) is 14.0. The Balaban J connectivity index is 2.60. The molecular formula is C18H31N3O3. The van der Waals surface area contributed by atoms with Crippen molar-refractivity contribution in [3.63, 3.8) is 0 Å². The fourth-order valence-electron chi connectivity index (χ4n) is 2.06. The molecule has 0 bridgehead atoms. The minimum Gasteiger partial charge on any atom is -0.493 e. The first-order valence-electron chi connectivity index (χ1n) is 8.41. The maximum absolute atomic E-state index is 10.1. The van der Waals surface area contributed by atoms with E-state index in [1.807, 2.05) is 32.0 Å². The minimum absolute atomic E-state index is 0.370. The molecule has 6 heteroatoms. The molecule has 0 unspecified atom stereocenters. The van der Waals surface area contributed by atoms with Crippen LogP contribution in [0.5, 0.6) is 11.5 Å². The number of methoxy groups -OCH3 is 2. The molecule has 0 saturated heterocycles. The topological polar surface area (TPSA) is 75.1 Å². The lowest BCUT2D eigenvalue weighted by Gasteiger charge is -2.20. The SMILES string of the molecule is CCNC(=NC[C@@](C)(O)CC)NCCc1ccc(OC)c(OC)c1. The molecule has 1 aromatic rings. The van der Waals surface area contributed by atoms with Crippen LogP contribution >= 0.6 is 0 Å². The van der Waals surface area contributed by atoms with Gasteiger partial charge in [-0.25, -0.2) is 0 Å². The lowest BCUT2D eigenvalue weighted by atomic mass is 10.1.